The maximum atomic E-state index is 13.0. The monoisotopic (exact) mass is 264 g/mol. The van der Waals surface area contributed by atoms with Crippen molar-refractivity contribution in [2.24, 2.45) is 0 Å². The van der Waals surface area contributed by atoms with Crippen LogP contribution in [0.2, 0.25) is 0 Å². The molecule has 0 saturated carbocycles. The van der Waals surface area contributed by atoms with E-state index < -0.39 is 12.0 Å². The van der Waals surface area contributed by atoms with Crippen molar-refractivity contribution in [3.05, 3.63) is 35.8 Å². The zero-order chi connectivity index (χ0) is 14.0. The number of carbonyl (C=O) groups is 2. The number of aromatic amines is 1. The second-order valence-electron chi connectivity index (χ2n) is 4.31. The molecule has 0 bridgehead atoms. The average Bonchev–Trinajstić information content (AvgIpc) is 2.71. The number of hydrogen-bond acceptors (Lipinski definition) is 2. The van der Waals surface area contributed by atoms with Gasteiger partial charge in [-0.1, -0.05) is 0 Å². The van der Waals surface area contributed by atoms with Gasteiger partial charge in [0.05, 0.1) is 6.42 Å². The number of amides is 1. The third kappa shape index (κ3) is 2.90. The number of carboxylic acids is 1. The molecule has 2 aromatic rings. The second kappa shape index (κ2) is 5.09. The van der Waals surface area contributed by atoms with E-state index in [1.807, 2.05) is 0 Å². The standard InChI is InChI=1S/C13H13FN2O3/c1-7(13(18)19)16-12(17)4-8-6-15-11-5-9(14)2-3-10(8)11/h2-3,5-7,15H,4H2,1H3,(H,16,17)(H,18,19)/t7-/m0/s1. The summed E-state index contributed by atoms with van der Waals surface area (Å²) in [4.78, 5) is 25.2. The number of carboxylic acid groups (broad SMARTS) is 1. The van der Waals surface area contributed by atoms with Gasteiger partial charge in [-0.25, -0.2) is 4.39 Å². The fourth-order valence-corrected chi connectivity index (χ4v) is 1.83. The van der Waals surface area contributed by atoms with E-state index in [1.54, 1.807) is 12.3 Å². The van der Waals surface area contributed by atoms with Gasteiger partial charge in [-0.3, -0.25) is 9.59 Å². The summed E-state index contributed by atoms with van der Waals surface area (Å²) in [6, 6.07) is 3.31. The Bertz CT molecular complexity index is 636. The van der Waals surface area contributed by atoms with Crippen LogP contribution in [0.4, 0.5) is 4.39 Å². The van der Waals surface area contributed by atoms with Crippen molar-refractivity contribution in [2.75, 3.05) is 0 Å². The minimum atomic E-state index is -1.09. The molecule has 1 aromatic carbocycles. The largest absolute Gasteiger partial charge is 0.480 e. The van der Waals surface area contributed by atoms with Crippen LogP contribution in [0, 0.1) is 5.82 Å². The summed E-state index contributed by atoms with van der Waals surface area (Å²) in [6.45, 7) is 1.39. The first-order valence-corrected chi connectivity index (χ1v) is 5.75. The van der Waals surface area contributed by atoms with Crippen molar-refractivity contribution in [3.63, 3.8) is 0 Å². The van der Waals surface area contributed by atoms with Crippen LogP contribution in [-0.4, -0.2) is 28.0 Å². The molecule has 3 N–H and O–H groups in total. The van der Waals surface area contributed by atoms with Crippen LogP contribution in [-0.2, 0) is 16.0 Å². The Labute approximate surface area is 108 Å². The van der Waals surface area contributed by atoms with Crippen LogP contribution in [0.15, 0.2) is 24.4 Å². The smallest absolute Gasteiger partial charge is 0.325 e. The van der Waals surface area contributed by atoms with Gasteiger partial charge in [0.25, 0.3) is 0 Å². The molecular formula is C13H13FN2O3. The van der Waals surface area contributed by atoms with Crippen molar-refractivity contribution in [1.29, 1.82) is 0 Å². The van der Waals surface area contributed by atoms with Crippen molar-refractivity contribution >= 4 is 22.8 Å². The lowest BCUT2D eigenvalue weighted by atomic mass is 10.1. The number of hydrogen-bond donors (Lipinski definition) is 3. The van der Waals surface area contributed by atoms with E-state index in [9.17, 15) is 14.0 Å². The summed E-state index contributed by atoms with van der Waals surface area (Å²) in [5.74, 6) is -1.83. The molecule has 0 aliphatic carbocycles. The number of H-pyrrole nitrogens is 1. The minimum Gasteiger partial charge on any atom is -0.480 e. The first kappa shape index (κ1) is 13.1. The number of aromatic nitrogens is 1. The maximum Gasteiger partial charge on any atom is 0.325 e. The first-order valence-electron chi connectivity index (χ1n) is 5.75. The van der Waals surface area contributed by atoms with Gasteiger partial charge in [0.2, 0.25) is 5.91 Å². The molecule has 2 rings (SSSR count). The highest BCUT2D eigenvalue weighted by molar-refractivity contribution is 5.90. The van der Waals surface area contributed by atoms with Crippen LogP contribution in [0.25, 0.3) is 10.9 Å². The van der Waals surface area contributed by atoms with Gasteiger partial charge in [-0.05, 0) is 30.7 Å². The SMILES string of the molecule is C[C@H](NC(=O)Cc1c[nH]c2cc(F)ccc12)C(=O)O. The van der Waals surface area contributed by atoms with Crippen molar-refractivity contribution in [3.8, 4) is 0 Å². The van der Waals surface area contributed by atoms with Gasteiger partial charge in [-0.15, -0.1) is 0 Å². The fourth-order valence-electron chi connectivity index (χ4n) is 1.83. The third-order valence-corrected chi connectivity index (χ3v) is 2.83. The maximum absolute atomic E-state index is 13.0. The van der Waals surface area contributed by atoms with Gasteiger partial charge in [0.15, 0.2) is 0 Å². The molecule has 100 valence electrons. The summed E-state index contributed by atoms with van der Waals surface area (Å²) >= 11 is 0. The Morgan fingerprint density at radius 2 is 2.21 bits per heavy atom. The summed E-state index contributed by atoms with van der Waals surface area (Å²) in [5.41, 5.74) is 1.30. The molecule has 0 aliphatic heterocycles. The van der Waals surface area contributed by atoms with E-state index in [-0.39, 0.29) is 18.1 Å². The van der Waals surface area contributed by atoms with E-state index >= 15 is 0 Å². The van der Waals surface area contributed by atoms with Crippen LogP contribution in [0.5, 0.6) is 0 Å². The normalized spacial score (nSPS) is 12.3. The van der Waals surface area contributed by atoms with Gasteiger partial charge in [-0.2, -0.15) is 0 Å². The number of benzene rings is 1. The Morgan fingerprint density at radius 3 is 2.89 bits per heavy atom. The Hall–Kier alpha value is -2.37. The fraction of sp³-hybridized carbons (Fsp3) is 0.231. The van der Waals surface area contributed by atoms with Crippen molar-refractivity contribution in [2.45, 2.75) is 19.4 Å². The zero-order valence-corrected chi connectivity index (χ0v) is 10.2. The summed E-state index contributed by atoms with van der Waals surface area (Å²) in [7, 11) is 0. The van der Waals surface area contributed by atoms with Gasteiger partial charge in [0, 0.05) is 17.1 Å². The number of rotatable bonds is 4. The van der Waals surface area contributed by atoms with Crippen LogP contribution < -0.4 is 5.32 Å². The molecule has 6 heteroatoms. The topological polar surface area (TPSA) is 82.2 Å². The number of fused-ring (bicyclic) bond motifs is 1. The summed E-state index contributed by atoms with van der Waals surface area (Å²) in [6.07, 6.45) is 1.67. The van der Waals surface area contributed by atoms with Crippen LogP contribution in [0.3, 0.4) is 0 Å². The summed E-state index contributed by atoms with van der Waals surface area (Å²) < 4.78 is 13.0. The molecule has 0 saturated heterocycles. The molecular weight excluding hydrogens is 251 g/mol. The first-order chi connectivity index (χ1) is 8.97. The van der Waals surface area contributed by atoms with Gasteiger partial charge >= 0.3 is 5.97 Å². The Kier molecular flexibility index (Phi) is 3.50. The highest BCUT2D eigenvalue weighted by atomic mass is 19.1. The number of nitrogens with one attached hydrogen (secondary N) is 2. The quantitative estimate of drug-likeness (QED) is 0.781. The highest BCUT2D eigenvalue weighted by Crippen LogP contribution is 2.19. The molecule has 1 atom stereocenters. The molecule has 0 fully saturated rings. The van der Waals surface area contributed by atoms with E-state index in [0.717, 1.165) is 5.39 Å². The van der Waals surface area contributed by atoms with Crippen molar-refractivity contribution in [1.82, 2.24) is 10.3 Å². The van der Waals surface area contributed by atoms with E-state index in [0.29, 0.717) is 11.1 Å². The molecule has 1 amide bonds. The van der Waals surface area contributed by atoms with E-state index in [1.165, 1.54) is 19.1 Å². The van der Waals surface area contributed by atoms with Gasteiger partial charge < -0.3 is 15.4 Å². The lowest BCUT2D eigenvalue weighted by molar-refractivity contribution is -0.141. The second-order valence-corrected chi connectivity index (χ2v) is 4.31. The molecule has 0 spiro atoms. The lowest BCUT2D eigenvalue weighted by Crippen LogP contribution is -2.39. The predicted molar refractivity (Wildman–Crippen MR) is 67.2 cm³/mol. The molecule has 0 radical (unpaired) electrons. The molecule has 5 nitrogen and oxygen atoms in total. The van der Waals surface area contributed by atoms with E-state index in [2.05, 4.69) is 10.3 Å². The highest BCUT2D eigenvalue weighted by Gasteiger charge is 2.15. The van der Waals surface area contributed by atoms with E-state index in [4.69, 9.17) is 5.11 Å². The predicted octanol–water partition coefficient (Wildman–Crippen LogP) is 1.44. The zero-order valence-electron chi connectivity index (χ0n) is 10.2. The molecule has 0 aliphatic rings. The Morgan fingerprint density at radius 1 is 1.47 bits per heavy atom. The van der Waals surface area contributed by atoms with Crippen LogP contribution in [0.1, 0.15) is 12.5 Å². The van der Waals surface area contributed by atoms with Crippen molar-refractivity contribution < 1.29 is 19.1 Å². The number of aliphatic carboxylic acids is 1. The third-order valence-electron chi connectivity index (χ3n) is 2.83. The molecule has 1 aromatic heterocycles. The minimum absolute atomic E-state index is 0.0449. The Balaban J connectivity index is 2.13. The lowest BCUT2D eigenvalue weighted by Gasteiger charge is -2.08. The number of halogens is 1. The molecule has 1 heterocycles. The number of carbonyl (C=O) groups excluding carboxylic acids is 1. The van der Waals surface area contributed by atoms with Gasteiger partial charge in [0.1, 0.15) is 11.9 Å². The summed E-state index contributed by atoms with van der Waals surface area (Å²) in [5, 5.41) is 11.8. The van der Waals surface area contributed by atoms with Crippen LogP contribution >= 0.6 is 0 Å². The molecule has 0 unspecified atom stereocenters. The average molecular weight is 264 g/mol. The molecule has 19 heavy (non-hydrogen) atoms.